The van der Waals surface area contributed by atoms with Crippen LogP contribution < -0.4 is 0 Å². The molecule has 98 valence electrons. The van der Waals surface area contributed by atoms with E-state index in [1.54, 1.807) is 0 Å². The first-order chi connectivity index (χ1) is 7.76. The van der Waals surface area contributed by atoms with E-state index in [0.717, 1.165) is 29.1 Å². The number of hydrogen-bond acceptors (Lipinski definition) is 0. The molecule has 3 fully saturated rings. The molecule has 3 rings (SSSR count). The van der Waals surface area contributed by atoms with Crippen LogP contribution in [0.4, 0.5) is 0 Å². The van der Waals surface area contributed by atoms with Crippen molar-refractivity contribution in [1.82, 2.24) is 0 Å². The van der Waals surface area contributed by atoms with Gasteiger partial charge in [-0.3, -0.25) is 0 Å². The maximum Gasteiger partial charge on any atom is -0.0177 e. The van der Waals surface area contributed by atoms with Crippen LogP contribution in [0.1, 0.15) is 67.2 Å². The van der Waals surface area contributed by atoms with Crippen molar-refractivity contribution in [2.75, 3.05) is 0 Å². The molecule has 1 spiro atoms. The molecule has 0 aromatic rings. The van der Waals surface area contributed by atoms with Crippen molar-refractivity contribution >= 4 is 0 Å². The predicted octanol–water partition coefficient (Wildman–Crippen LogP) is 5.13. The lowest BCUT2D eigenvalue weighted by Gasteiger charge is -2.60. The summed E-state index contributed by atoms with van der Waals surface area (Å²) in [6.07, 6.45) is 6.03. The molecule has 0 bridgehead atoms. The van der Waals surface area contributed by atoms with Crippen molar-refractivity contribution < 1.29 is 0 Å². The van der Waals surface area contributed by atoms with Gasteiger partial charge in [0.25, 0.3) is 0 Å². The summed E-state index contributed by atoms with van der Waals surface area (Å²) >= 11 is 0. The third-order valence-corrected chi connectivity index (χ3v) is 7.59. The van der Waals surface area contributed by atoms with E-state index in [9.17, 15) is 0 Å². The van der Waals surface area contributed by atoms with Gasteiger partial charge in [-0.05, 0) is 65.6 Å². The smallest absolute Gasteiger partial charge is 0.0177 e. The lowest BCUT2D eigenvalue weighted by molar-refractivity contribution is -0.115. The zero-order valence-electron chi connectivity index (χ0n) is 12.6. The fourth-order valence-electron chi connectivity index (χ4n) is 6.61. The topological polar surface area (TPSA) is 0 Å². The fraction of sp³-hybridized carbons (Fsp3) is 1.00. The first-order valence-electron chi connectivity index (χ1n) is 7.76. The van der Waals surface area contributed by atoms with Crippen molar-refractivity contribution in [3.8, 4) is 0 Å². The van der Waals surface area contributed by atoms with E-state index in [4.69, 9.17) is 0 Å². The van der Waals surface area contributed by atoms with Crippen molar-refractivity contribution in [3.63, 3.8) is 0 Å². The zero-order valence-corrected chi connectivity index (χ0v) is 12.6. The van der Waals surface area contributed by atoms with Gasteiger partial charge in [-0.15, -0.1) is 0 Å². The molecular formula is C17H30. The van der Waals surface area contributed by atoms with E-state index < -0.39 is 0 Å². The second-order valence-electron chi connectivity index (χ2n) is 8.68. The molecule has 17 heavy (non-hydrogen) atoms. The van der Waals surface area contributed by atoms with Crippen LogP contribution >= 0.6 is 0 Å². The highest BCUT2D eigenvalue weighted by molar-refractivity contribution is 5.22. The van der Waals surface area contributed by atoms with Crippen molar-refractivity contribution in [2.45, 2.75) is 67.2 Å². The Morgan fingerprint density at radius 3 is 2.18 bits per heavy atom. The molecule has 3 aliphatic carbocycles. The first kappa shape index (κ1) is 12.1. The normalized spacial score (nSPS) is 55.6. The molecule has 0 nitrogen and oxygen atoms in total. The van der Waals surface area contributed by atoms with Gasteiger partial charge in [-0.2, -0.15) is 0 Å². The van der Waals surface area contributed by atoms with Gasteiger partial charge >= 0.3 is 0 Å². The predicted molar refractivity (Wildman–Crippen MR) is 73.8 cm³/mol. The summed E-state index contributed by atoms with van der Waals surface area (Å²) in [6.45, 7) is 15.2. The molecule has 0 amide bonds. The lowest BCUT2D eigenvalue weighted by Crippen LogP contribution is -2.53. The SMILES string of the molecule is CC1CC(C)(C(C)C)C23CCC2C(C)(C)CC13. The molecule has 0 N–H and O–H groups in total. The molecule has 0 heterocycles. The maximum absolute atomic E-state index is 2.63. The van der Waals surface area contributed by atoms with E-state index in [1.165, 1.54) is 25.7 Å². The summed E-state index contributed by atoms with van der Waals surface area (Å²) in [5.74, 6) is 3.87. The van der Waals surface area contributed by atoms with Crippen molar-refractivity contribution in [3.05, 3.63) is 0 Å². The van der Waals surface area contributed by atoms with Crippen LogP contribution in [0.3, 0.4) is 0 Å². The third kappa shape index (κ3) is 1.12. The minimum absolute atomic E-state index is 0.619. The number of hydrogen-bond donors (Lipinski definition) is 0. The van der Waals surface area contributed by atoms with Crippen LogP contribution in [0.25, 0.3) is 0 Å². The highest BCUT2D eigenvalue weighted by Gasteiger charge is 2.73. The Hall–Kier alpha value is 0. The summed E-state index contributed by atoms with van der Waals surface area (Å²) in [5, 5.41) is 0. The van der Waals surface area contributed by atoms with Crippen LogP contribution in [0.5, 0.6) is 0 Å². The quantitative estimate of drug-likeness (QED) is 0.590. The monoisotopic (exact) mass is 234 g/mol. The van der Waals surface area contributed by atoms with E-state index >= 15 is 0 Å². The Labute approximate surface area is 108 Å². The maximum atomic E-state index is 2.63. The van der Waals surface area contributed by atoms with Crippen molar-refractivity contribution in [2.24, 2.45) is 39.9 Å². The van der Waals surface area contributed by atoms with Crippen LogP contribution in [0.15, 0.2) is 0 Å². The second-order valence-corrected chi connectivity index (χ2v) is 8.68. The molecule has 0 radical (unpaired) electrons. The van der Waals surface area contributed by atoms with Gasteiger partial charge in [-0.25, -0.2) is 0 Å². The standard InChI is InChI=1S/C17H30/c1-11(2)16(6)9-12(3)13-10-15(4,5)14-7-8-17(13,14)16/h11-14H,7-10H2,1-6H3. The molecule has 0 heteroatoms. The Balaban J connectivity index is 2.08. The Morgan fingerprint density at radius 1 is 1.06 bits per heavy atom. The molecular weight excluding hydrogens is 204 g/mol. The summed E-state index contributed by atoms with van der Waals surface area (Å²) < 4.78 is 0. The molecule has 5 unspecified atom stereocenters. The Morgan fingerprint density at radius 2 is 1.71 bits per heavy atom. The van der Waals surface area contributed by atoms with Gasteiger partial charge in [0.2, 0.25) is 0 Å². The second kappa shape index (κ2) is 3.11. The first-order valence-corrected chi connectivity index (χ1v) is 7.76. The van der Waals surface area contributed by atoms with Crippen LogP contribution in [0.2, 0.25) is 0 Å². The largest absolute Gasteiger partial charge is 0.0622 e. The van der Waals surface area contributed by atoms with Gasteiger partial charge < -0.3 is 0 Å². The molecule has 5 atom stereocenters. The Kier molecular flexibility index (Phi) is 2.21. The van der Waals surface area contributed by atoms with Crippen LogP contribution in [0, 0.1) is 39.9 Å². The average Bonchev–Trinajstić information content (AvgIpc) is 2.43. The Bertz CT molecular complexity index is 340. The summed E-state index contributed by atoms with van der Waals surface area (Å²) in [4.78, 5) is 0. The van der Waals surface area contributed by atoms with Gasteiger partial charge in [-0.1, -0.05) is 41.5 Å². The summed E-state index contributed by atoms with van der Waals surface area (Å²) in [5.41, 5.74) is 1.96. The summed E-state index contributed by atoms with van der Waals surface area (Å²) in [7, 11) is 0. The molecule has 0 saturated heterocycles. The summed E-state index contributed by atoms with van der Waals surface area (Å²) in [6, 6.07) is 0. The van der Waals surface area contributed by atoms with Gasteiger partial charge in [0.15, 0.2) is 0 Å². The molecule has 0 aromatic carbocycles. The molecule has 3 saturated carbocycles. The molecule has 0 aromatic heterocycles. The van der Waals surface area contributed by atoms with E-state index in [0.29, 0.717) is 10.8 Å². The third-order valence-electron chi connectivity index (χ3n) is 7.59. The van der Waals surface area contributed by atoms with Gasteiger partial charge in [0.1, 0.15) is 0 Å². The van der Waals surface area contributed by atoms with E-state index in [1.807, 2.05) is 0 Å². The zero-order chi connectivity index (χ0) is 12.6. The fourth-order valence-corrected chi connectivity index (χ4v) is 6.61. The van der Waals surface area contributed by atoms with Crippen molar-refractivity contribution in [1.29, 1.82) is 0 Å². The average molecular weight is 234 g/mol. The molecule has 3 aliphatic rings. The van der Waals surface area contributed by atoms with Crippen LogP contribution in [-0.2, 0) is 0 Å². The lowest BCUT2D eigenvalue weighted by atomic mass is 9.45. The highest BCUT2D eigenvalue weighted by atomic mass is 14.8. The van der Waals surface area contributed by atoms with E-state index in [-0.39, 0.29) is 0 Å². The van der Waals surface area contributed by atoms with Gasteiger partial charge in [0, 0.05) is 0 Å². The molecule has 0 aliphatic heterocycles. The van der Waals surface area contributed by atoms with Gasteiger partial charge in [0.05, 0.1) is 0 Å². The number of rotatable bonds is 1. The van der Waals surface area contributed by atoms with E-state index in [2.05, 4.69) is 41.5 Å². The minimum atomic E-state index is 0.619. The highest BCUT2D eigenvalue weighted by Crippen LogP contribution is 2.81. The van der Waals surface area contributed by atoms with Crippen LogP contribution in [-0.4, -0.2) is 0 Å². The minimum Gasteiger partial charge on any atom is -0.0622 e.